The number of carbonyl (C=O) groups excluding carboxylic acids is 2. The quantitative estimate of drug-likeness (QED) is 0.423. The molecule has 2 N–H and O–H groups in total. The largest absolute Gasteiger partial charge is 0.369 e. The normalized spacial score (nSPS) is 16.0. The van der Waals surface area contributed by atoms with Crippen molar-refractivity contribution in [2.75, 3.05) is 60.3 Å². The van der Waals surface area contributed by atoms with Crippen LogP contribution >= 0.6 is 11.3 Å². The van der Waals surface area contributed by atoms with E-state index in [-0.39, 0.29) is 10.0 Å². The Balaban J connectivity index is 1.12. The van der Waals surface area contributed by atoms with Crippen molar-refractivity contribution in [3.63, 3.8) is 0 Å². The van der Waals surface area contributed by atoms with E-state index < -0.39 is 21.8 Å². The summed E-state index contributed by atoms with van der Waals surface area (Å²) in [4.78, 5) is 29.4. The molecule has 206 valence electrons. The van der Waals surface area contributed by atoms with E-state index in [1.807, 2.05) is 0 Å². The first-order valence-corrected chi connectivity index (χ1v) is 15.1. The molecule has 9 nitrogen and oxygen atoms in total. The van der Waals surface area contributed by atoms with Crippen LogP contribution in [0.2, 0.25) is 0 Å². The van der Waals surface area contributed by atoms with Crippen molar-refractivity contribution < 1.29 is 22.4 Å². The molecule has 2 aliphatic heterocycles. The molecule has 39 heavy (non-hydrogen) atoms. The Labute approximate surface area is 231 Å². The monoisotopic (exact) mass is 571 g/mol. The molecule has 0 bridgehead atoms. The molecule has 12 heteroatoms. The molecule has 1 saturated heterocycles. The third-order valence-corrected chi connectivity index (χ3v) is 10.1. The molecule has 0 radical (unpaired) electrons. The first-order chi connectivity index (χ1) is 18.8. The maximum absolute atomic E-state index is 13.2. The number of hydrogen-bond donors (Lipinski definition) is 2. The SMILES string of the molecule is O=C(NCCN1CCN(c2ccc(F)cc2)CC1)C(=O)Nc1ccc2c(c1)N(S(=O)(=O)c1cccs1)CCC2. The number of nitrogens with zero attached hydrogens (tertiary/aromatic N) is 3. The van der Waals surface area contributed by atoms with Gasteiger partial charge in [-0.05, 0) is 66.2 Å². The Kier molecular flexibility index (Phi) is 8.15. The van der Waals surface area contributed by atoms with Crippen LogP contribution in [0.25, 0.3) is 0 Å². The van der Waals surface area contributed by atoms with E-state index in [0.717, 1.165) is 55.2 Å². The maximum atomic E-state index is 13.2. The van der Waals surface area contributed by atoms with Gasteiger partial charge in [-0.3, -0.25) is 18.8 Å². The molecule has 3 heterocycles. The van der Waals surface area contributed by atoms with E-state index in [1.54, 1.807) is 47.8 Å². The number of benzene rings is 2. The number of fused-ring (bicyclic) bond motifs is 1. The smallest absolute Gasteiger partial charge is 0.313 e. The second kappa shape index (κ2) is 11.7. The van der Waals surface area contributed by atoms with Crippen LogP contribution in [0.3, 0.4) is 0 Å². The van der Waals surface area contributed by atoms with Crippen molar-refractivity contribution in [3.05, 3.63) is 71.4 Å². The zero-order valence-corrected chi connectivity index (χ0v) is 22.9. The van der Waals surface area contributed by atoms with Crippen molar-refractivity contribution >= 4 is 50.2 Å². The Hall–Kier alpha value is -3.48. The molecule has 0 spiro atoms. The van der Waals surface area contributed by atoms with Gasteiger partial charge >= 0.3 is 11.8 Å². The highest BCUT2D eigenvalue weighted by Gasteiger charge is 2.30. The first kappa shape index (κ1) is 27.1. The van der Waals surface area contributed by atoms with Gasteiger partial charge in [0, 0.05) is 57.2 Å². The number of carbonyl (C=O) groups is 2. The molecule has 1 aromatic heterocycles. The lowest BCUT2D eigenvalue weighted by Crippen LogP contribution is -2.49. The molecule has 5 rings (SSSR count). The van der Waals surface area contributed by atoms with E-state index in [0.29, 0.717) is 37.4 Å². The van der Waals surface area contributed by atoms with E-state index >= 15 is 0 Å². The number of piperazine rings is 1. The number of halogens is 1. The van der Waals surface area contributed by atoms with Gasteiger partial charge in [-0.25, -0.2) is 12.8 Å². The van der Waals surface area contributed by atoms with Crippen LogP contribution in [-0.4, -0.2) is 70.9 Å². The van der Waals surface area contributed by atoms with Crippen molar-refractivity contribution in [3.8, 4) is 0 Å². The van der Waals surface area contributed by atoms with Crippen LogP contribution < -0.4 is 19.8 Å². The molecule has 1 fully saturated rings. The highest BCUT2D eigenvalue weighted by molar-refractivity contribution is 7.94. The van der Waals surface area contributed by atoms with Crippen LogP contribution in [0.4, 0.5) is 21.5 Å². The first-order valence-electron chi connectivity index (χ1n) is 12.8. The zero-order chi connectivity index (χ0) is 27.4. The fraction of sp³-hybridized carbons (Fsp3) is 0.333. The molecule has 2 aromatic carbocycles. The molecule has 0 saturated carbocycles. The zero-order valence-electron chi connectivity index (χ0n) is 21.3. The molecule has 3 aromatic rings. The van der Waals surface area contributed by atoms with Crippen LogP contribution in [0.5, 0.6) is 0 Å². The van der Waals surface area contributed by atoms with Crippen LogP contribution in [-0.2, 0) is 26.0 Å². The topological polar surface area (TPSA) is 102 Å². The number of rotatable bonds is 7. The van der Waals surface area contributed by atoms with Gasteiger partial charge in [0.1, 0.15) is 10.0 Å². The summed E-state index contributed by atoms with van der Waals surface area (Å²) in [5, 5.41) is 6.98. The molecule has 2 aliphatic rings. The number of hydrogen-bond acceptors (Lipinski definition) is 7. The number of anilines is 3. The Morgan fingerprint density at radius 3 is 2.44 bits per heavy atom. The van der Waals surface area contributed by atoms with Crippen molar-refractivity contribution in [2.24, 2.45) is 0 Å². The van der Waals surface area contributed by atoms with E-state index in [4.69, 9.17) is 0 Å². The van der Waals surface area contributed by atoms with Gasteiger partial charge in [-0.1, -0.05) is 12.1 Å². The predicted octanol–water partition coefficient (Wildman–Crippen LogP) is 2.91. The van der Waals surface area contributed by atoms with Gasteiger partial charge in [0.25, 0.3) is 10.0 Å². The molecular formula is C27H30FN5O4S2. The summed E-state index contributed by atoms with van der Waals surface area (Å²) in [6, 6.07) is 14.8. The van der Waals surface area contributed by atoms with Crippen LogP contribution in [0.1, 0.15) is 12.0 Å². The summed E-state index contributed by atoms with van der Waals surface area (Å²) in [7, 11) is -3.70. The molecule has 0 unspecified atom stereocenters. The van der Waals surface area contributed by atoms with Gasteiger partial charge in [0.2, 0.25) is 0 Å². The average Bonchev–Trinajstić information content (AvgIpc) is 3.50. The summed E-state index contributed by atoms with van der Waals surface area (Å²) in [6.45, 7) is 4.43. The molecule has 0 aliphatic carbocycles. The van der Waals surface area contributed by atoms with Crippen LogP contribution in [0, 0.1) is 5.82 Å². The predicted molar refractivity (Wildman–Crippen MR) is 150 cm³/mol. The average molecular weight is 572 g/mol. The van der Waals surface area contributed by atoms with E-state index in [2.05, 4.69) is 20.4 Å². The summed E-state index contributed by atoms with van der Waals surface area (Å²) < 4.78 is 41.1. The molecule has 0 atom stereocenters. The number of thiophene rings is 1. The summed E-state index contributed by atoms with van der Waals surface area (Å²) in [6.07, 6.45) is 1.44. The summed E-state index contributed by atoms with van der Waals surface area (Å²) in [5.74, 6) is -1.81. The third kappa shape index (κ3) is 6.23. The second-order valence-electron chi connectivity index (χ2n) is 9.47. The van der Waals surface area contributed by atoms with Crippen molar-refractivity contribution in [1.29, 1.82) is 0 Å². The maximum Gasteiger partial charge on any atom is 0.313 e. The van der Waals surface area contributed by atoms with Gasteiger partial charge in [0.05, 0.1) is 5.69 Å². The van der Waals surface area contributed by atoms with Gasteiger partial charge in [0.15, 0.2) is 0 Å². The molecule has 2 amide bonds. The minimum atomic E-state index is -3.70. The van der Waals surface area contributed by atoms with E-state index in [9.17, 15) is 22.4 Å². The third-order valence-electron chi connectivity index (χ3n) is 6.94. The lowest BCUT2D eigenvalue weighted by atomic mass is 10.0. The van der Waals surface area contributed by atoms with Crippen molar-refractivity contribution in [2.45, 2.75) is 17.1 Å². The highest BCUT2D eigenvalue weighted by atomic mass is 32.2. The summed E-state index contributed by atoms with van der Waals surface area (Å²) >= 11 is 1.16. The number of aryl methyl sites for hydroxylation is 1. The Morgan fingerprint density at radius 1 is 0.949 bits per heavy atom. The minimum Gasteiger partial charge on any atom is -0.369 e. The number of nitrogens with one attached hydrogen (secondary N) is 2. The lowest BCUT2D eigenvalue weighted by Gasteiger charge is -2.36. The van der Waals surface area contributed by atoms with E-state index in [1.165, 1.54) is 16.4 Å². The Morgan fingerprint density at radius 2 is 1.72 bits per heavy atom. The van der Waals surface area contributed by atoms with Gasteiger partial charge in [-0.2, -0.15) is 0 Å². The van der Waals surface area contributed by atoms with Crippen LogP contribution in [0.15, 0.2) is 64.2 Å². The minimum absolute atomic E-state index is 0.257. The summed E-state index contributed by atoms with van der Waals surface area (Å²) in [5.41, 5.74) is 2.74. The van der Waals surface area contributed by atoms with Gasteiger partial charge < -0.3 is 15.5 Å². The highest BCUT2D eigenvalue weighted by Crippen LogP contribution is 2.35. The lowest BCUT2D eigenvalue weighted by molar-refractivity contribution is -0.136. The fourth-order valence-electron chi connectivity index (χ4n) is 4.86. The van der Waals surface area contributed by atoms with Gasteiger partial charge in [-0.15, -0.1) is 11.3 Å². The molecular weight excluding hydrogens is 541 g/mol. The standard InChI is InChI=1S/C27H30FN5O4S2/c28-21-6-9-23(10-7-21)32-16-14-31(15-17-32)13-11-29-26(34)27(35)30-22-8-5-20-3-1-12-33(24(20)19-22)39(36,37)25-4-2-18-38-25/h2,4-10,18-19H,1,3,11-17H2,(H,29,34)(H,30,35). The fourth-order valence-corrected chi connectivity index (χ4v) is 7.50. The number of sulfonamides is 1. The van der Waals surface area contributed by atoms with Crippen molar-refractivity contribution in [1.82, 2.24) is 10.2 Å². The number of amides is 2. The second-order valence-corrected chi connectivity index (χ2v) is 12.5. The Bertz CT molecular complexity index is 1420.